The van der Waals surface area contributed by atoms with Gasteiger partial charge in [-0.2, -0.15) is 0 Å². The molecule has 15 heavy (non-hydrogen) atoms. The molecule has 1 aromatic heterocycles. The monoisotopic (exact) mass is 216 g/mol. The van der Waals surface area contributed by atoms with Crippen molar-refractivity contribution in [2.24, 2.45) is 0 Å². The van der Waals surface area contributed by atoms with E-state index in [1.54, 1.807) is 18.5 Å². The van der Waals surface area contributed by atoms with E-state index in [-0.39, 0.29) is 0 Å². The molecule has 0 aliphatic carbocycles. The predicted molar refractivity (Wildman–Crippen MR) is 62.2 cm³/mol. The van der Waals surface area contributed by atoms with Crippen molar-refractivity contribution in [1.29, 1.82) is 0 Å². The van der Waals surface area contributed by atoms with E-state index < -0.39 is 0 Å². The van der Waals surface area contributed by atoms with E-state index in [1.165, 1.54) is 0 Å². The molecule has 0 unspecified atom stereocenters. The summed E-state index contributed by atoms with van der Waals surface area (Å²) in [5.74, 6) is 0.544. The second-order valence-corrected chi connectivity index (χ2v) is 3.38. The van der Waals surface area contributed by atoms with Crippen molar-refractivity contribution in [2.75, 3.05) is 0 Å². The van der Waals surface area contributed by atoms with Gasteiger partial charge >= 0.3 is 0 Å². The number of nitrogens with zero attached hydrogens (tertiary/aromatic N) is 2. The quantitative estimate of drug-likeness (QED) is 0.771. The Morgan fingerprint density at radius 2 is 1.67 bits per heavy atom. The van der Waals surface area contributed by atoms with E-state index in [0.717, 1.165) is 5.56 Å². The minimum Gasteiger partial charge on any atom is -0.236 e. The Hall–Kier alpha value is -1.67. The van der Waals surface area contributed by atoms with Gasteiger partial charge in [-0.1, -0.05) is 41.9 Å². The first-order valence-corrected chi connectivity index (χ1v) is 4.94. The molecule has 0 saturated heterocycles. The van der Waals surface area contributed by atoms with Gasteiger partial charge in [0, 0.05) is 12.4 Å². The molecule has 0 amide bonds. The van der Waals surface area contributed by atoms with Gasteiger partial charge in [0.15, 0.2) is 5.82 Å². The highest BCUT2D eigenvalue weighted by Gasteiger charge is 1.99. The molecular weight excluding hydrogens is 208 g/mol. The van der Waals surface area contributed by atoms with Crippen LogP contribution in [0.1, 0.15) is 11.4 Å². The van der Waals surface area contributed by atoms with E-state index in [9.17, 15) is 0 Å². The van der Waals surface area contributed by atoms with E-state index in [4.69, 9.17) is 11.6 Å². The lowest BCUT2D eigenvalue weighted by Gasteiger charge is -1.96. The van der Waals surface area contributed by atoms with Crippen LogP contribution in [0.3, 0.4) is 0 Å². The summed E-state index contributed by atoms with van der Waals surface area (Å²) < 4.78 is 0. The molecule has 2 nitrogen and oxygen atoms in total. The lowest BCUT2D eigenvalue weighted by Crippen LogP contribution is -1.87. The Kier molecular flexibility index (Phi) is 3.10. The maximum absolute atomic E-state index is 6.08. The highest BCUT2D eigenvalue weighted by molar-refractivity contribution is 6.50. The molecule has 0 aliphatic heterocycles. The van der Waals surface area contributed by atoms with Gasteiger partial charge in [-0.05, 0) is 17.7 Å². The third-order valence-corrected chi connectivity index (χ3v) is 2.15. The summed E-state index contributed by atoms with van der Waals surface area (Å²) in [6.07, 6.45) is 5.18. The molecule has 0 N–H and O–H groups in total. The standard InChI is InChI=1S/C12H9ClN2/c13-11(12-14-7-4-8-15-12)9-10-5-2-1-3-6-10/h1-9H. The van der Waals surface area contributed by atoms with Crippen LogP contribution < -0.4 is 0 Å². The first-order chi connectivity index (χ1) is 7.36. The Bertz CT molecular complexity index is 452. The van der Waals surface area contributed by atoms with Crippen LogP contribution in [0.4, 0.5) is 0 Å². The van der Waals surface area contributed by atoms with Crippen LogP contribution in [0.25, 0.3) is 11.1 Å². The van der Waals surface area contributed by atoms with Crippen LogP contribution in [0, 0.1) is 0 Å². The fourth-order valence-corrected chi connectivity index (χ4v) is 1.41. The van der Waals surface area contributed by atoms with Gasteiger partial charge in [-0.3, -0.25) is 0 Å². The Labute approximate surface area is 93.3 Å². The van der Waals surface area contributed by atoms with E-state index in [1.807, 2.05) is 36.4 Å². The van der Waals surface area contributed by atoms with Gasteiger partial charge in [0.1, 0.15) is 0 Å². The highest BCUT2D eigenvalue weighted by atomic mass is 35.5. The summed E-state index contributed by atoms with van der Waals surface area (Å²) in [5, 5.41) is 0.543. The summed E-state index contributed by atoms with van der Waals surface area (Å²) in [6.45, 7) is 0. The third kappa shape index (κ3) is 2.64. The predicted octanol–water partition coefficient (Wildman–Crippen LogP) is 3.21. The van der Waals surface area contributed by atoms with E-state index in [2.05, 4.69) is 9.97 Å². The average molecular weight is 217 g/mol. The number of hydrogen-bond donors (Lipinski definition) is 0. The lowest BCUT2D eigenvalue weighted by atomic mass is 10.2. The van der Waals surface area contributed by atoms with Crippen LogP contribution in [-0.2, 0) is 0 Å². The fraction of sp³-hybridized carbons (Fsp3) is 0. The van der Waals surface area contributed by atoms with Crippen LogP contribution in [0.5, 0.6) is 0 Å². The summed E-state index contributed by atoms with van der Waals surface area (Å²) in [4.78, 5) is 8.13. The molecule has 1 heterocycles. The molecule has 0 aliphatic rings. The number of rotatable bonds is 2. The second kappa shape index (κ2) is 4.71. The summed E-state index contributed by atoms with van der Waals surface area (Å²) in [7, 11) is 0. The van der Waals surface area contributed by atoms with Gasteiger partial charge in [0.05, 0.1) is 5.03 Å². The van der Waals surface area contributed by atoms with Gasteiger partial charge in [0.25, 0.3) is 0 Å². The zero-order chi connectivity index (χ0) is 10.5. The maximum Gasteiger partial charge on any atom is 0.170 e. The normalized spacial score (nSPS) is 11.4. The average Bonchev–Trinajstić information content (AvgIpc) is 2.31. The van der Waals surface area contributed by atoms with Crippen molar-refractivity contribution in [1.82, 2.24) is 9.97 Å². The maximum atomic E-state index is 6.08. The molecule has 2 aromatic rings. The van der Waals surface area contributed by atoms with Crippen molar-refractivity contribution < 1.29 is 0 Å². The molecule has 74 valence electrons. The highest BCUT2D eigenvalue weighted by Crippen LogP contribution is 2.17. The Morgan fingerprint density at radius 3 is 2.33 bits per heavy atom. The van der Waals surface area contributed by atoms with Crippen LogP contribution in [0.2, 0.25) is 0 Å². The van der Waals surface area contributed by atoms with Crippen molar-refractivity contribution >= 4 is 22.7 Å². The van der Waals surface area contributed by atoms with Crippen molar-refractivity contribution in [3.63, 3.8) is 0 Å². The molecule has 0 radical (unpaired) electrons. The summed E-state index contributed by atoms with van der Waals surface area (Å²) in [6, 6.07) is 11.6. The molecule has 0 fully saturated rings. The first-order valence-electron chi connectivity index (χ1n) is 4.56. The summed E-state index contributed by atoms with van der Waals surface area (Å²) in [5.41, 5.74) is 1.04. The SMILES string of the molecule is ClC(=Cc1ccccc1)c1ncccn1. The van der Waals surface area contributed by atoms with Crippen LogP contribution in [-0.4, -0.2) is 9.97 Å². The molecule has 3 heteroatoms. The molecule has 1 aromatic carbocycles. The third-order valence-electron chi connectivity index (χ3n) is 1.87. The molecule has 0 saturated carbocycles. The topological polar surface area (TPSA) is 25.8 Å². The molecule has 0 bridgehead atoms. The number of halogens is 1. The van der Waals surface area contributed by atoms with Crippen molar-refractivity contribution in [2.45, 2.75) is 0 Å². The Morgan fingerprint density at radius 1 is 1.00 bits per heavy atom. The molecular formula is C12H9ClN2. The van der Waals surface area contributed by atoms with E-state index in [0.29, 0.717) is 10.9 Å². The number of hydrogen-bond acceptors (Lipinski definition) is 2. The van der Waals surface area contributed by atoms with Gasteiger partial charge in [-0.25, -0.2) is 9.97 Å². The molecule has 0 spiro atoms. The zero-order valence-corrected chi connectivity index (χ0v) is 8.72. The molecule has 0 atom stereocenters. The zero-order valence-electron chi connectivity index (χ0n) is 7.97. The van der Waals surface area contributed by atoms with E-state index >= 15 is 0 Å². The number of benzene rings is 1. The second-order valence-electron chi connectivity index (χ2n) is 2.98. The minimum absolute atomic E-state index is 0.543. The largest absolute Gasteiger partial charge is 0.236 e. The molecule has 2 rings (SSSR count). The first kappa shape index (κ1) is 9.87. The Balaban J connectivity index is 2.29. The van der Waals surface area contributed by atoms with Crippen LogP contribution >= 0.6 is 11.6 Å². The van der Waals surface area contributed by atoms with Crippen molar-refractivity contribution in [3.8, 4) is 0 Å². The van der Waals surface area contributed by atoms with Gasteiger partial charge in [-0.15, -0.1) is 0 Å². The van der Waals surface area contributed by atoms with Crippen LogP contribution in [0.15, 0.2) is 48.8 Å². The number of aromatic nitrogens is 2. The summed E-state index contributed by atoms with van der Waals surface area (Å²) >= 11 is 6.08. The van der Waals surface area contributed by atoms with Gasteiger partial charge < -0.3 is 0 Å². The smallest absolute Gasteiger partial charge is 0.170 e. The fourth-order valence-electron chi connectivity index (χ4n) is 1.18. The van der Waals surface area contributed by atoms with Gasteiger partial charge in [0.2, 0.25) is 0 Å². The lowest BCUT2D eigenvalue weighted by molar-refractivity contribution is 1.13. The van der Waals surface area contributed by atoms with Crippen molar-refractivity contribution in [3.05, 3.63) is 60.2 Å². The minimum atomic E-state index is 0.543.